The molecule has 0 aliphatic carbocycles. The van der Waals surface area contributed by atoms with Crippen molar-refractivity contribution in [3.63, 3.8) is 0 Å². The number of carbonyl (C=O) groups is 2. The molecule has 5 nitrogen and oxygen atoms in total. The number of hydrogen-bond donors (Lipinski definition) is 2. The lowest BCUT2D eigenvalue weighted by Gasteiger charge is -2.13. The Hall–Kier alpha value is -3.03. The third-order valence-corrected chi connectivity index (χ3v) is 3.30. The highest BCUT2D eigenvalue weighted by molar-refractivity contribution is 5.97. The van der Waals surface area contributed by atoms with Crippen molar-refractivity contribution in [2.75, 3.05) is 11.9 Å². The Morgan fingerprint density at radius 2 is 1.80 bits per heavy atom. The number of para-hydroxylation sites is 2. The zero-order valence-electron chi connectivity index (χ0n) is 13.1. The van der Waals surface area contributed by atoms with Crippen LogP contribution in [0, 0.1) is 6.92 Å². The number of esters is 1. The zero-order chi connectivity index (χ0) is 18.6. The van der Waals surface area contributed by atoms with Crippen molar-refractivity contribution >= 4 is 17.6 Å². The summed E-state index contributed by atoms with van der Waals surface area (Å²) in [4.78, 5) is 23.6. The molecule has 0 aliphatic rings. The summed E-state index contributed by atoms with van der Waals surface area (Å²) in [5, 5.41) is 11.8. The predicted molar refractivity (Wildman–Crippen MR) is 83.2 cm³/mol. The van der Waals surface area contributed by atoms with E-state index in [0.29, 0.717) is 5.56 Å². The van der Waals surface area contributed by atoms with Crippen LogP contribution in [0.2, 0.25) is 0 Å². The lowest BCUT2D eigenvalue weighted by molar-refractivity contribution is -0.137. The van der Waals surface area contributed by atoms with E-state index >= 15 is 0 Å². The highest BCUT2D eigenvalue weighted by Crippen LogP contribution is 2.34. The molecule has 132 valence electrons. The fraction of sp³-hybridized carbons (Fsp3) is 0.176. The molecule has 0 fully saturated rings. The van der Waals surface area contributed by atoms with Crippen molar-refractivity contribution in [3.8, 4) is 5.75 Å². The van der Waals surface area contributed by atoms with Crippen LogP contribution in [0.4, 0.5) is 18.9 Å². The molecule has 0 heterocycles. The number of halogens is 3. The maximum atomic E-state index is 12.9. The van der Waals surface area contributed by atoms with Crippen LogP contribution >= 0.6 is 0 Å². The highest BCUT2D eigenvalue weighted by Gasteiger charge is 2.33. The maximum absolute atomic E-state index is 12.9. The van der Waals surface area contributed by atoms with Gasteiger partial charge in [-0.2, -0.15) is 13.2 Å². The zero-order valence-corrected chi connectivity index (χ0v) is 13.1. The van der Waals surface area contributed by atoms with Crippen LogP contribution in [0.25, 0.3) is 0 Å². The summed E-state index contributed by atoms with van der Waals surface area (Å²) in [5.74, 6) is -2.17. The number of alkyl halides is 3. The second kappa shape index (κ2) is 7.25. The molecule has 0 atom stereocenters. The molecule has 25 heavy (non-hydrogen) atoms. The molecule has 0 spiro atoms. The van der Waals surface area contributed by atoms with E-state index in [-0.39, 0.29) is 11.3 Å². The molecule has 0 saturated carbocycles. The number of ether oxygens (including phenoxy) is 1. The Morgan fingerprint density at radius 3 is 2.48 bits per heavy atom. The fourth-order valence-corrected chi connectivity index (χ4v) is 2.06. The first kappa shape index (κ1) is 18.3. The lowest BCUT2D eigenvalue weighted by Crippen LogP contribution is -2.22. The summed E-state index contributed by atoms with van der Waals surface area (Å²) < 4.78 is 43.3. The van der Waals surface area contributed by atoms with Gasteiger partial charge in [-0.3, -0.25) is 4.79 Å². The second-order valence-corrected chi connectivity index (χ2v) is 5.14. The predicted octanol–water partition coefficient (Wildman–Crippen LogP) is 3.51. The van der Waals surface area contributed by atoms with E-state index in [1.807, 2.05) is 0 Å². The Morgan fingerprint density at radius 1 is 1.12 bits per heavy atom. The van der Waals surface area contributed by atoms with E-state index in [1.165, 1.54) is 24.3 Å². The number of amides is 1. The van der Waals surface area contributed by atoms with Crippen LogP contribution < -0.4 is 5.32 Å². The lowest BCUT2D eigenvalue weighted by atomic mass is 10.1. The van der Waals surface area contributed by atoms with E-state index in [1.54, 1.807) is 13.0 Å². The molecule has 2 rings (SSSR count). The minimum absolute atomic E-state index is 0.136. The van der Waals surface area contributed by atoms with Gasteiger partial charge in [-0.05, 0) is 30.7 Å². The second-order valence-electron chi connectivity index (χ2n) is 5.14. The van der Waals surface area contributed by atoms with Crippen LogP contribution in [0.15, 0.2) is 42.5 Å². The number of aryl methyl sites for hydroxylation is 1. The Labute approximate surface area is 141 Å². The summed E-state index contributed by atoms with van der Waals surface area (Å²) in [5.41, 5.74) is -1.14. The summed E-state index contributed by atoms with van der Waals surface area (Å²) in [7, 11) is 0. The third kappa shape index (κ3) is 4.50. The molecule has 2 aromatic rings. The highest BCUT2D eigenvalue weighted by atomic mass is 19.4. The standard InChI is InChI=1S/C17H14F3NO4/c1-10-5-4-6-11(15(10)23)16(24)25-9-14(22)21-13-8-3-2-7-12(13)17(18,19)20/h2-8,23H,9H2,1H3,(H,21,22). The largest absolute Gasteiger partial charge is 0.507 e. The van der Waals surface area contributed by atoms with Gasteiger partial charge in [0, 0.05) is 0 Å². The molecular formula is C17H14F3NO4. The minimum atomic E-state index is -4.63. The van der Waals surface area contributed by atoms with Crippen molar-refractivity contribution < 1.29 is 32.6 Å². The number of nitrogens with one attached hydrogen (secondary N) is 1. The van der Waals surface area contributed by atoms with Gasteiger partial charge in [0.1, 0.15) is 11.3 Å². The number of phenols is 1. The monoisotopic (exact) mass is 353 g/mol. The first-order chi connectivity index (χ1) is 11.7. The first-order valence-electron chi connectivity index (χ1n) is 7.12. The van der Waals surface area contributed by atoms with Crippen molar-refractivity contribution in [1.29, 1.82) is 0 Å². The van der Waals surface area contributed by atoms with E-state index in [2.05, 4.69) is 5.32 Å². The Balaban J connectivity index is 2.02. The van der Waals surface area contributed by atoms with Crippen molar-refractivity contribution in [1.82, 2.24) is 0 Å². The van der Waals surface area contributed by atoms with Crippen LogP contribution in [0.1, 0.15) is 21.5 Å². The van der Waals surface area contributed by atoms with Gasteiger partial charge >= 0.3 is 12.1 Å². The number of hydrogen-bond acceptors (Lipinski definition) is 4. The van der Waals surface area contributed by atoms with Gasteiger partial charge < -0.3 is 15.2 Å². The summed E-state index contributed by atoms with van der Waals surface area (Å²) >= 11 is 0. The third-order valence-electron chi connectivity index (χ3n) is 3.30. The number of aromatic hydroxyl groups is 1. The van der Waals surface area contributed by atoms with E-state index < -0.39 is 35.9 Å². The van der Waals surface area contributed by atoms with Crippen LogP contribution in [0.3, 0.4) is 0 Å². The molecule has 0 radical (unpaired) electrons. The van der Waals surface area contributed by atoms with Gasteiger partial charge in [-0.15, -0.1) is 0 Å². The molecular weight excluding hydrogens is 339 g/mol. The molecule has 0 unspecified atom stereocenters. The molecule has 0 bridgehead atoms. The minimum Gasteiger partial charge on any atom is -0.507 e. The number of rotatable bonds is 4. The smallest absolute Gasteiger partial charge is 0.418 e. The molecule has 0 saturated heterocycles. The van der Waals surface area contributed by atoms with Gasteiger partial charge in [0.05, 0.1) is 11.3 Å². The topological polar surface area (TPSA) is 75.6 Å². The van der Waals surface area contributed by atoms with Crippen LogP contribution in [-0.2, 0) is 15.7 Å². The van der Waals surface area contributed by atoms with E-state index in [0.717, 1.165) is 12.1 Å². The normalized spacial score (nSPS) is 11.0. The van der Waals surface area contributed by atoms with Gasteiger partial charge in [0.2, 0.25) is 0 Å². The van der Waals surface area contributed by atoms with Gasteiger partial charge in [0.25, 0.3) is 5.91 Å². The molecule has 2 aromatic carbocycles. The average molecular weight is 353 g/mol. The summed E-state index contributed by atoms with van der Waals surface area (Å²) in [6.45, 7) is 0.783. The van der Waals surface area contributed by atoms with Crippen molar-refractivity contribution in [2.45, 2.75) is 13.1 Å². The molecule has 2 N–H and O–H groups in total. The van der Waals surface area contributed by atoms with Crippen LogP contribution in [-0.4, -0.2) is 23.6 Å². The van der Waals surface area contributed by atoms with E-state index in [4.69, 9.17) is 4.74 Å². The molecule has 1 amide bonds. The number of benzene rings is 2. The maximum Gasteiger partial charge on any atom is 0.418 e. The summed E-state index contributed by atoms with van der Waals surface area (Å²) in [6.07, 6.45) is -4.63. The fourth-order valence-electron chi connectivity index (χ4n) is 2.06. The van der Waals surface area contributed by atoms with Gasteiger partial charge in [0.15, 0.2) is 6.61 Å². The summed E-state index contributed by atoms with van der Waals surface area (Å²) in [6, 6.07) is 8.85. The number of anilines is 1. The van der Waals surface area contributed by atoms with E-state index in [9.17, 15) is 27.9 Å². The average Bonchev–Trinajstić information content (AvgIpc) is 2.54. The quantitative estimate of drug-likeness (QED) is 0.825. The van der Waals surface area contributed by atoms with Gasteiger partial charge in [-0.1, -0.05) is 24.3 Å². The first-order valence-corrected chi connectivity index (χ1v) is 7.12. The molecule has 0 aromatic heterocycles. The Bertz CT molecular complexity index is 803. The molecule has 0 aliphatic heterocycles. The Kier molecular flexibility index (Phi) is 5.31. The number of phenolic OH excluding ortho intramolecular Hbond substituents is 1. The SMILES string of the molecule is Cc1cccc(C(=O)OCC(=O)Nc2ccccc2C(F)(F)F)c1O. The van der Waals surface area contributed by atoms with Gasteiger partial charge in [-0.25, -0.2) is 4.79 Å². The van der Waals surface area contributed by atoms with Crippen LogP contribution in [0.5, 0.6) is 5.75 Å². The van der Waals surface area contributed by atoms with Crippen molar-refractivity contribution in [2.24, 2.45) is 0 Å². The molecule has 8 heteroatoms. The van der Waals surface area contributed by atoms with Crippen molar-refractivity contribution in [3.05, 3.63) is 59.2 Å². The number of carbonyl (C=O) groups excluding carboxylic acids is 2.